The van der Waals surface area contributed by atoms with Crippen molar-refractivity contribution in [3.8, 4) is 0 Å². The van der Waals surface area contributed by atoms with Gasteiger partial charge in [-0.15, -0.1) is 0 Å². The number of allylic oxidation sites excluding steroid dienone is 1. The molecular weight excluding hydrogens is 168 g/mol. The Morgan fingerprint density at radius 3 is 3.17 bits per heavy atom. The van der Waals surface area contributed by atoms with Crippen molar-refractivity contribution in [2.75, 3.05) is 0 Å². The Morgan fingerprint density at radius 1 is 1.58 bits per heavy atom. The molecule has 0 atom stereocenters. The van der Waals surface area contributed by atoms with E-state index < -0.39 is 0 Å². The van der Waals surface area contributed by atoms with Gasteiger partial charge in [0.2, 0.25) is 0 Å². The number of nitrogens with two attached hydrogens (primary N) is 1. The third-order valence-electron chi connectivity index (χ3n) is 1.95. The molecule has 0 saturated carbocycles. The molecule has 0 bridgehead atoms. The summed E-state index contributed by atoms with van der Waals surface area (Å²) in [6, 6.07) is 3.90. The van der Waals surface area contributed by atoms with Crippen LogP contribution in [0.15, 0.2) is 24.4 Å². The summed E-state index contributed by atoms with van der Waals surface area (Å²) >= 11 is 4.91. The van der Waals surface area contributed by atoms with E-state index in [0.717, 1.165) is 23.3 Å². The zero-order chi connectivity index (χ0) is 8.55. The van der Waals surface area contributed by atoms with Crippen molar-refractivity contribution in [2.24, 2.45) is 5.73 Å². The molecule has 3 heteroatoms. The summed E-state index contributed by atoms with van der Waals surface area (Å²) in [4.78, 5) is 4.68. The Kier molecular flexibility index (Phi) is 1.66. The van der Waals surface area contributed by atoms with E-state index in [1.165, 1.54) is 0 Å². The van der Waals surface area contributed by atoms with Gasteiger partial charge < -0.3 is 5.73 Å². The fraction of sp³-hybridized carbons (Fsp3) is 0.111. The van der Waals surface area contributed by atoms with Gasteiger partial charge in [-0.25, -0.2) is 0 Å². The van der Waals surface area contributed by atoms with Gasteiger partial charge in [-0.05, 0) is 6.07 Å². The Balaban J connectivity index is 2.52. The molecule has 1 aromatic rings. The highest BCUT2D eigenvalue weighted by molar-refractivity contribution is 7.81. The molecule has 0 spiro atoms. The normalized spacial score (nSPS) is 13.8. The molecule has 1 aromatic heterocycles. The summed E-state index contributed by atoms with van der Waals surface area (Å²) in [6.07, 6.45) is 4.66. The number of hydrogen-bond donors (Lipinski definition) is 1. The number of rotatable bonds is 1. The predicted octanol–water partition coefficient (Wildman–Crippen LogP) is 1.31. The standard InChI is InChI=1S/C9H8N2S/c10-9(12)7-3-4-8-6(7)2-1-5-11-8/h1-3,5H,4H2,(H2,10,12). The van der Waals surface area contributed by atoms with Crippen molar-refractivity contribution in [1.82, 2.24) is 4.98 Å². The van der Waals surface area contributed by atoms with Crippen LogP contribution in [0.4, 0.5) is 0 Å². The maximum absolute atomic E-state index is 5.55. The number of fused-ring (bicyclic) bond motifs is 1. The number of nitrogens with zero attached hydrogens (tertiary/aromatic N) is 1. The fourth-order valence-electron chi connectivity index (χ4n) is 1.39. The summed E-state index contributed by atoms with van der Waals surface area (Å²) < 4.78 is 0. The van der Waals surface area contributed by atoms with Gasteiger partial charge in [0.05, 0.1) is 5.69 Å². The van der Waals surface area contributed by atoms with Crippen LogP contribution in [0.25, 0.3) is 5.57 Å². The molecule has 2 nitrogen and oxygen atoms in total. The number of thiocarbonyl (C=S) groups is 1. The molecule has 0 aromatic carbocycles. The van der Waals surface area contributed by atoms with Gasteiger partial charge in [0.25, 0.3) is 0 Å². The first kappa shape index (κ1) is 7.43. The number of hydrogen-bond acceptors (Lipinski definition) is 2. The largest absolute Gasteiger partial charge is 0.389 e. The average Bonchev–Trinajstić information content (AvgIpc) is 2.47. The molecule has 0 unspecified atom stereocenters. The molecule has 1 aliphatic rings. The maximum atomic E-state index is 5.55. The lowest BCUT2D eigenvalue weighted by Crippen LogP contribution is -2.09. The summed E-state index contributed by atoms with van der Waals surface area (Å²) in [5.41, 5.74) is 8.67. The van der Waals surface area contributed by atoms with Gasteiger partial charge in [0.15, 0.2) is 0 Å². The lowest BCUT2D eigenvalue weighted by Gasteiger charge is -2.01. The lowest BCUT2D eigenvalue weighted by molar-refractivity contribution is 1.13. The van der Waals surface area contributed by atoms with Gasteiger partial charge in [-0.2, -0.15) is 0 Å². The van der Waals surface area contributed by atoms with Crippen molar-refractivity contribution < 1.29 is 0 Å². The van der Waals surface area contributed by atoms with Crippen LogP contribution in [0, 0.1) is 0 Å². The molecular formula is C9H8N2S. The second-order valence-electron chi connectivity index (χ2n) is 2.68. The number of aromatic nitrogens is 1. The van der Waals surface area contributed by atoms with Gasteiger partial charge in [-0.1, -0.05) is 24.4 Å². The summed E-state index contributed by atoms with van der Waals surface area (Å²) in [7, 11) is 0. The Hall–Kier alpha value is -1.22. The van der Waals surface area contributed by atoms with Crippen LogP contribution < -0.4 is 5.73 Å². The SMILES string of the molecule is NC(=S)C1=CCc2ncccc21. The molecule has 2 N–H and O–H groups in total. The van der Waals surface area contributed by atoms with Crippen LogP contribution in [0.2, 0.25) is 0 Å². The molecule has 12 heavy (non-hydrogen) atoms. The van der Waals surface area contributed by atoms with E-state index >= 15 is 0 Å². The van der Waals surface area contributed by atoms with Crippen molar-refractivity contribution in [1.29, 1.82) is 0 Å². The molecule has 2 rings (SSSR count). The minimum Gasteiger partial charge on any atom is -0.389 e. The fourth-order valence-corrected chi connectivity index (χ4v) is 1.58. The smallest absolute Gasteiger partial charge is 0.104 e. The van der Waals surface area contributed by atoms with Crippen molar-refractivity contribution in [3.63, 3.8) is 0 Å². The van der Waals surface area contributed by atoms with Crippen LogP contribution in [-0.4, -0.2) is 9.97 Å². The van der Waals surface area contributed by atoms with Crippen molar-refractivity contribution in [3.05, 3.63) is 35.7 Å². The zero-order valence-corrected chi connectivity index (χ0v) is 7.27. The second-order valence-corrected chi connectivity index (χ2v) is 3.12. The van der Waals surface area contributed by atoms with Crippen molar-refractivity contribution >= 4 is 22.8 Å². The van der Waals surface area contributed by atoms with Crippen LogP contribution >= 0.6 is 12.2 Å². The minimum absolute atomic E-state index is 0.460. The first-order valence-electron chi connectivity index (χ1n) is 3.73. The number of pyridine rings is 1. The van der Waals surface area contributed by atoms with Crippen LogP contribution in [0.1, 0.15) is 11.3 Å². The van der Waals surface area contributed by atoms with Gasteiger partial charge in [0.1, 0.15) is 4.99 Å². The Morgan fingerprint density at radius 2 is 2.42 bits per heavy atom. The predicted molar refractivity (Wildman–Crippen MR) is 52.7 cm³/mol. The molecule has 60 valence electrons. The van der Waals surface area contributed by atoms with E-state index in [0.29, 0.717) is 4.99 Å². The first-order chi connectivity index (χ1) is 5.79. The molecule has 0 amide bonds. The van der Waals surface area contributed by atoms with E-state index in [1.54, 1.807) is 6.20 Å². The highest BCUT2D eigenvalue weighted by atomic mass is 32.1. The molecule has 0 radical (unpaired) electrons. The topological polar surface area (TPSA) is 38.9 Å². The molecule has 0 fully saturated rings. The van der Waals surface area contributed by atoms with Gasteiger partial charge in [-0.3, -0.25) is 4.98 Å². The van der Waals surface area contributed by atoms with Crippen molar-refractivity contribution in [2.45, 2.75) is 6.42 Å². The third kappa shape index (κ3) is 1.02. The van der Waals surface area contributed by atoms with E-state index in [4.69, 9.17) is 18.0 Å². The summed E-state index contributed by atoms with van der Waals surface area (Å²) in [5.74, 6) is 0. The first-order valence-corrected chi connectivity index (χ1v) is 4.14. The van der Waals surface area contributed by atoms with E-state index in [2.05, 4.69) is 4.98 Å². The quantitative estimate of drug-likeness (QED) is 0.656. The molecule has 0 aliphatic heterocycles. The molecule has 1 heterocycles. The zero-order valence-electron chi connectivity index (χ0n) is 6.45. The summed E-state index contributed by atoms with van der Waals surface area (Å²) in [5, 5.41) is 0. The lowest BCUT2D eigenvalue weighted by atomic mass is 10.1. The second kappa shape index (κ2) is 2.68. The monoisotopic (exact) mass is 176 g/mol. The van der Waals surface area contributed by atoms with Gasteiger partial charge in [0, 0.05) is 23.8 Å². The highest BCUT2D eigenvalue weighted by Gasteiger charge is 2.15. The summed E-state index contributed by atoms with van der Waals surface area (Å²) in [6.45, 7) is 0. The average molecular weight is 176 g/mol. The van der Waals surface area contributed by atoms with Crippen LogP contribution in [0.3, 0.4) is 0 Å². The third-order valence-corrected chi connectivity index (χ3v) is 2.17. The van der Waals surface area contributed by atoms with E-state index in [-0.39, 0.29) is 0 Å². The molecule has 0 saturated heterocycles. The van der Waals surface area contributed by atoms with Crippen LogP contribution in [0.5, 0.6) is 0 Å². The Bertz CT molecular complexity index is 369. The van der Waals surface area contributed by atoms with E-state index in [1.807, 2.05) is 18.2 Å². The highest BCUT2D eigenvalue weighted by Crippen LogP contribution is 2.25. The van der Waals surface area contributed by atoms with Gasteiger partial charge >= 0.3 is 0 Å². The minimum atomic E-state index is 0.460. The molecule has 1 aliphatic carbocycles. The Labute approximate surface area is 76.1 Å². The van der Waals surface area contributed by atoms with Crippen LogP contribution in [-0.2, 0) is 6.42 Å². The van der Waals surface area contributed by atoms with E-state index in [9.17, 15) is 0 Å². The maximum Gasteiger partial charge on any atom is 0.104 e.